The molecule has 25 heavy (non-hydrogen) atoms. The number of nitriles is 1. The molecule has 134 valence electrons. The van der Waals surface area contributed by atoms with Crippen LogP contribution in [0.25, 0.3) is 0 Å². The van der Waals surface area contributed by atoms with Crippen molar-refractivity contribution in [3.05, 3.63) is 35.4 Å². The minimum absolute atomic E-state index is 0.0124. The zero-order valence-electron chi connectivity index (χ0n) is 15.1. The number of amides is 1. The quantitative estimate of drug-likeness (QED) is 0.825. The first-order valence-electron chi connectivity index (χ1n) is 8.67. The topological polar surface area (TPSA) is 65.8 Å². The van der Waals surface area contributed by atoms with Crippen molar-refractivity contribution in [3.63, 3.8) is 0 Å². The molecule has 1 amide bonds. The molecule has 0 saturated carbocycles. The first kappa shape index (κ1) is 17.7. The van der Waals surface area contributed by atoms with Crippen LogP contribution in [0.1, 0.15) is 31.9 Å². The van der Waals surface area contributed by atoms with Gasteiger partial charge in [-0.2, -0.15) is 5.26 Å². The van der Waals surface area contributed by atoms with Crippen LogP contribution in [0.3, 0.4) is 0 Å². The van der Waals surface area contributed by atoms with Gasteiger partial charge in [-0.05, 0) is 38.5 Å². The fourth-order valence-electron chi connectivity index (χ4n) is 3.32. The molecule has 2 aliphatic rings. The molecule has 6 heteroatoms. The number of fused-ring (bicyclic) bond motifs is 2. The lowest BCUT2D eigenvalue weighted by Crippen LogP contribution is -2.60. The van der Waals surface area contributed by atoms with Gasteiger partial charge in [0.15, 0.2) is 0 Å². The lowest BCUT2D eigenvalue weighted by atomic mass is 10.1. The fourth-order valence-corrected chi connectivity index (χ4v) is 3.32. The Hall–Kier alpha value is -2.10. The highest BCUT2D eigenvalue weighted by Crippen LogP contribution is 2.22. The number of rotatable bonds is 2. The molecule has 1 aromatic carbocycles. The number of carbonyl (C=O) groups excluding carboxylic acids is 1. The van der Waals surface area contributed by atoms with Gasteiger partial charge in [0, 0.05) is 19.6 Å². The van der Waals surface area contributed by atoms with Gasteiger partial charge < -0.3 is 14.4 Å². The van der Waals surface area contributed by atoms with E-state index in [2.05, 4.69) is 11.0 Å². The smallest absolute Gasteiger partial charge is 0.410 e. The summed E-state index contributed by atoms with van der Waals surface area (Å²) >= 11 is 0. The minimum Gasteiger partial charge on any atom is -0.444 e. The van der Waals surface area contributed by atoms with E-state index in [0.717, 1.165) is 19.6 Å². The predicted octanol–water partition coefficient (Wildman–Crippen LogP) is 2.38. The van der Waals surface area contributed by atoms with E-state index in [1.54, 1.807) is 4.90 Å². The summed E-state index contributed by atoms with van der Waals surface area (Å²) in [6, 6.07) is 9.83. The molecule has 1 aromatic rings. The third-order valence-corrected chi connectivity index (χ3v) is 4.30. The van der Waals surface area contributed by atoms with Gasteiger partial charge in [0.2, 0.25) is 0 Å². The van der Waals surface area contributed by atoms with Gasteiger partial charge >= 0.3 is 6.09 Å². The maximum Gasteiger partial charge on any atom is 0.410 e. The zero-order chi connectivity index (χ0) is 18.0. The van der Waals surface area contributed by atoms with Crippen LogP contribution in [0, 0.1) is 11.3 Å². The summed E-state index contributed by atoms with van der Waals surface area (Å²) in [6.45, 7) is 9.17. The SMILES string of the molecule is CC(C)(C)OC(=O)N1C[C@H]2CN(Cc3ccc(C#N)cc3)C[C@@H](C1)O2. The number of hydrogen-bond acceptors (Lipinski definition) is 5. The molecule has 0 radical (unpaired) electrons. The van der Waals surface area contributed by atoms with Gasteiger partial charge in [-0.15, -0.1) is 0 Å². The third-order valence-electron chi connectivity index (χ3n) is 4.30. The van der Waals surface area contributed by atoms with Gasteiger partial charge in [0.1, 0.15) is 5.60 Å². The molecule has 2 atom stereocenters. The van der Waals surface area contributed by atoms with Crippen molar-refractivity contribution in [1.29, 1.82) is 5.26 Å². The molecule has 2 heterocycles. The summed E-state index contributed by atoms with van der Waals surface area (Å²) < 4.78 is 11.5. The van der Waals surface area contributed by atoms with Crippen molar-refractivity contribution in [2.24, 2.45) is 0 Å². The van der Waals surface area contributed by atoms with E-state index in [9.17, 15) is 4.79 Å². The van der Waals surface area contributed by atoms with Gasteiger partial charge in [0.05, 0.1) is 36.9 Å². The monoisotopic (exact) mass is 343 g/mol. The first-order valence-corrected chi connectivity index (χ1v) is 8.67. The maximum atomic E-state index is 12.3. The van der Waals surface area contributed by atoms with E-state index in [4.69, 9.17) is 14.7 Å². The minimum atomic E-state index is -0.480. The van der Waals surface area contributed by atoms with Gasteiger partial charge in [-0.1, -0.05) is 12.1 Å². The molecule has 6 nitrogen and oxygen atoms in total. The van der Waals surface area contributed by atoms with E-state index < -0.39 is 5.60 Å². The molecule has 2 fully saturated rings. The van der Waals surface area contributed by atoms with Crippen molar-refractivity contribution >= 4 is 6.09 Å². The lowest BCUT2D eigenvalue weighted by molar-refractivity contribution is -0.137. The Morgan fingerprint density at radius 2 is 1.80 bits per heavy atom. The Labute approximate surface area is 148 Å². The number of nitrogens with zero attached hydrogens (tertiary/aromatic N) is 3. The van der Waals surface area contributed by atoms with Crippen LogP contribution in [0.15, 0.2) is 24.3 Å². The van der Waals surface area contributed by atoms with Crippen molar-refractivity contribution in [3.8, 4) is 6.07 Å². The molecule has 2 aliphatic heterocycles. The van der Waals surface area contributed by atoms with Crippen molar-refractivity contribution < 1.29 is 14.3 Å². The summed E-state index contributed by atoms with van der Waals surface area (Å²) in [5.74, 6) is 0. The van der Waals surface area contributed by atoms with Crippen LogP contribution in [0.5, 0.6) is 0 Å². The molecule has 0 N–H and O–H groups in total. The average molecular weight is 343 g/mol. The highest BCUT2D eigenvalue weighted by atomic mass is 16.6. The Balaban J connectivity index is 1.57. The largest absolute Gasteiger partial charge is 0.444 e. The Kier molecular flexibility index (Phi) is 4.98. The normalized spacial score (nSPS) is 23.8. The average Bonchev–Trinajstić information content (AvgIpc) is 2.53. The van der Waals surface area contributed by atoms with Gasteiger partial charge in [-0.25, -0.2) is 4.79 Å². The Morgan fingerprint density at radius 3 is 2.32 bits per heavy atom. The second-order valence-corrected chi connectivity index (χ2v) is 7.77. The van der Waals surface area contributed by atoms with Crippen LogP contribution in [0.4, 0.5) is 4.79 Å². The molecule has 2 bridgehead atoms. The van der Waals surface area contributed by atoms with E-state index in [1.807, 2.05) is 45.0 Å². The number of ether oxygens (including phenoxy) is 2. The maximum absolute atomic E-state index is 12.3. The van der Waals surface area contributed by atoms with Gasteiger partial charge in [-0.3, -0.25) is 4.90 Å². The number of hydrogen-bond donors (Lipinski definition) is 0. The van der Waals surface area contributed by atoms with Crippen LogP contribution in [-0.4, -0.2) is 59.9 Å². The van der Waals surface area contributed by atoms with E-state index in [1.165, 1.54) is 5.56 Å². The Morgan fingerprint density at radius 1 is 1.20 bits per heavy atom. The molecule has 0 unspecified atom stereocenters. The summed E-state index contributed by atoms with van der Waals surface area (Å²) in [4.78, 5) is 16.4. The summed E-state index contributed by atoms with van der Waals surface area (Å²) in [5, 5.41) is 8.88. The first-order chi connectivity index (χ1) is 11.8. The van der Waals surface area contributed by atoms with E-state index in [-0.39, 0.29) is 18.3 Å². The molecule has 0 aliphatic carbocycles. The Bertz CT molecular complexity index is 646. The van der Waals surface area contributed by atoms with Gasteiger partial charge in [0.25, 0.3) is 0 Å². The van der Waals surface area contributed by atoms with Crippen LogP contribution in [-0.2, 0) is 16.0 Å². The highest BCUT2D eigenvalue weighted by molar-refractivity contribution is 5.68. The molecular weight excluding hydrogens is 318 g/mol. The van der Waals surface area contributed by atoms with Crippen molar-refractivity contribution in [1.82, 2.24) is 9.80 Å². The number of benzene rings is 1. The molecular formula is C19H25N3O3. The standard InChI is InChI=1S/C19H25N3O3/c1-19(2,3)25-18(23)22-12-16-10-21(11-17(13-22)24-16)9-15-6-4-14(8-20)5-7-15/h4-7,16-17H,9-13H2,1-3H3/t16-,17+. The lowest BCUT2D eigenvalue weighted by Gasteiger charge is -2.45. The van der Waals surface area contributed by atoms with Crippen LogP contribution in [0.2, 0.25) is 0 Å². The molecule has 0 aromatic heterocycles. The molecule has 3 rings (SSSR count). The molecule has 0 spiro atoms. The van der Waals surface area contributed by atoms with E-state index in [0.29, 0.717) is 18.7 Å². The van der Waals surface area contributed by atoms with Crippen LogP contribution >= 0.6 is 0 Å². The summed E-state index contributed by atoms with van der Waals surface area (Å²) in [7, 11) is 0. The number of carbonyl (C=O) groups is 1. The predicted molar refractivity (Wildman–Crippen MR) is 92.9 cm³/mol. The van der Waals surface area contributed by atoms with E-state index >= 15 is 0 Å². The summed E-state index contributed by atoms with van der Waals surface area (Å²) in [5.41, 5.74) is 1.38. The highest BCUT2D eigenvalue weighted by Gasteiger charge is 2.38. The second-order valence-electron chi connectivity index (χ2n) is 7.77. The number of morpholine rings is 2. The van der Waals surface area contributed by atoms with Crippen molar-refractivity contribution in [2.75, 3.05) is 26.2 Å². The van der Waals surface area contributed by atoms with Crippen molar-refractivity contribution in [2.45, 2.75) is 45.1 Å². The van der Waals surface area contributed by atoms with Crippen LogP contribution < -0.4 is 0 Å². The zero-order valence-corrected chi connectivity index (χ0v) is 15.1. The summed E-state index contributed by atoms with van der Waals surface area (Å²) in [6.07, 6.45) is -0.233. The third kappa shape index (κ3) is 4.71. The second kappa shape index (κ2) is 7.03. The fraction of sp³-hybridized carbons (Fsp3) is 0.579. The molecule has 2 saturated heterocycles.